The van der Waals surface area contributed by atoms with Crippen molar-refractivity contribution in [2.45, 2.75) is 57.5 Å². The molecule has 6 nitrogen and oxygen atoms in total. The molecule has 1 amide bonds. The van der Waals surface area contributed by atoms with Gasteiger partial charge >= 0.3 is 0 Å². The fraction of sp³-hybridized carbons (Fsp3) is 0.476. The van der Waals surface area contributed by atoms with Gasteiger partial charge in [0, 0.05) is 24.1 Å². The van der Waals surface area contributed by atoms with E-state index in [0.717, 1.165) is 24.2 Å². The SMILES string of the molecule is COc1cccc(-c2ccc(=O)n(CCC(=O)NC3CCCCCC3)n2)c1. The number of nitrogens with one attached hydrogen (secondary N) is 1. The second-order valence-corrected chi connectivity index (χ2v) is 7.02. The average molecular weight is 369 g/mol. The summed E-state index contributed by atoms with van der Waals surface area (Å²) in [5.74, 6) is 0.720. The Morgan fingerprint density at radius 2 is 1.96 bits per heavy atom. The van der Waals surface area contributed by atoms with E-state index >= 15 is 0 Å². The lowest BCUT2D eigenvalue weighted by Gasteiger charge is -2.16. The van der Waals surface area contributed by atoms with Crippen LogP contribution in [0.3, 0.4) is 0 Å². The van der Waals surface area contributed by atoms with Crippen molar-refractivity contribution in [2.75, 3.05) is 7.11 Å². The third kappa shape index (κ3) is 5.42. The van der Waals surface area contributed by atoms with Crippen molar-refractivity contribution >= 4 is 5.91 Å². The fourth-order valence-corrected chi connectivity index (χ4v) is 3.48. The standard InChI is InChI=1S/C21H27N3O3/c1-27-18-10-6-7-16(15-18)19-11-12-21(26)24(23-19)14-13-20(25)22-17-8-4-2-3-5-9-17/h6-7,10-12,15,17H,2-5,8-9,13-14H2,1H3,(H,22,25). The molecule has 1 fully saturated rings. The Bertz CT molecular complexity index is 823. The van der Waals surface area contributed by atoms with Crippen molar-refractivity contribution in [3.8, 4) is 17.0 Å². The van der Waals surface area contributed by atoms with Crippen LogP contribution in [-0.2, 0) is 11.3 Å². The summed E-state index contributed by atoms with van der Waals surface area (Å²) in [5.41, 5.74) is 1.34. The smallest absolute Gasteiger partial charge is 0.266 e. The first-order valence-corrected chi connectivity index (χ1v) is 9.67. The molecule has 0 aliphatic heterocycles. The van der Waals surface area contributed by atoms with E-state index in [1.807, 2.05) is 24.3 Å². The van der Waals surface area contributed by atoms with Gasteiger partial charge < -0.3 is 10.1 Å². The second kappa shape index (κ2) is 9.35. The number of ether oxygens (including phenoxy) is 1. The molecule has 1 aliphatic rings. The fourth-order valence-electron chi connectivity index (χ4n) is 3.48. The summed E-state index contributed by atoms with van der Waals surface area (Å²) in [5, 5.41) is 7.53. The van der Waals surface area contributed by atoms with Crippen LogP contribution in [0.25, 0.3) is 11.3 Å². The predicted octanol–water partition coefficient (Wildman–Crippen LogP) is 3.15. The molecule has 1 aromatic carbocycles. The largest absolute Gasteiger partial charge is 0.497 e. The Morgan fingerprint density at radius 3 is 2.70 bits per heavy atom. The Labute approximate surface area is 159 Å². The number of methoxy groups -OCH3 is 1. The van der Waals surface area contributed by atoms with Crippen molar-refractivity contribution in [3.63, 3.8) is 0 Å². The van der Waals surface area contributed by atoms with E-state index in [1.165, 1.54) is 36.4 Å². The molecule has 0 atom stereocenters. The third-order valence-corrected chi connectivity index (χ3v) is 5.00. The molecular formula is C21H27N3O3. The van der Waals surface area contributed by atoms with Gasteiger partial charge in [-0.2, -0.15) is 5.10 Å². The van der Waals surface area contributed by atoms with Crippen molar-refractivity contribution < 1.29 is 9.53 Å². The summed E-state index contributed by atoms with van der Waals surface area (Å²) < 4.78 is 6.60. The summed E-state index contributed by atoms with van der Waals surface area (Å²) >= 11 is 0. The van der Waals surface area contributed by atoms with Crippen molar-refractivity contribution in [1.29, 1.82) is 0 Å². The van der Waals surface area contributed by atoms with Crippen LogP contribution >= 0.6 is 0 Å². The molecule has 0 spiro atoms. The number of hydrogen-bond donors (Lipinski definition) is 1. The quantitative estimate of drug-likeness (QED) is 0.794. The van der Waals surface area contributed by atoms with Gasteiger partial charge in [-0.3, -0.25) is 9.59 Å². The molecule has 1 heterocycles. The molecule has 2 aromatic rings. The van der Waals surface area contributed by atoms with E-state index in [-0.39, 0.29) is 30.5 Å². The number of benzene rings is 1. The molecule has 0 saturated heterocycles. The number of aromatic nitrogens is 2. The van der Waals surface area contributed by atoms with Crippen LogP contribution in [-0.4, -0.2) is 28.8 Å². The lowest BCUT2D eigenvalue weighted by molar-refractivity contribution is -0.122. The van der Waals surface area contributed by atoms with E-state index in [1.54, 1.807) is 13.2 Å². The molecule has 1 aromatic heterocycles. The average Bonchev–Trinajstić information content (AvgIpc) is 2.96. The van der Waals surface area contributed by atoms with Gasteiger partial charge in [-0.15, -0.1) is 0 Å². The molecule has 1 saturated carbocycles. The number of aryl methyl sites for hydroxylation is 1. The molecule has 1 aliphatic carbocycles. The number of amides is 1. The highest BCUT2D eigenvalue weighted by Crippen LogP contribution is 2.21. The number of carbonyl (C=O) groups excluding carboxylic acids is 1. The summed E-state index contributed by atoms with van der Waals surface area (Å²) in [6.45, 7) is 0.273. The minimum atomic E-state index is -0.205. The van der Waals surface area contributed by atoms with Gasteiger partial charge in [0.1, 0.15) is 5.75 Å². The van der Waals surface area contributed by atoms with Gasteiger partial charge in [0.15, 0.2) is 0 Å². The highest BCUT2D eigenvalue weighted by molar-refractivity contribution is 5.76. The maximum absolute atomic E-state index is 12.3. The van der Waals surface area contributed by atoms with Gasteiger partial charge in [0.25, 0.3) is 5.56 Å². The summed E-state index contributed by atoms with van der Waals surface area (Å²) in [7, 11) is 1.61. The predicted molar refractivity (Wildman–Crippen MR) is 105 cm³/mol. The summed E-state index contributed by atoms with van der Waals surface area (Å²) in [6, 6.07) is 11.0. The van der Waals surface area contributed by atoms with Gasteiger partial charge in [-0.05, 0) is 31.0 Å². The molecule has 6 heteroatoms. The zero-order valence-electron chi connectivity index (χ0n) is 15.8. The Balaban J connectivity index is 1.64. The molecule has 3 rings (SSSR count). The number of nitrogens with zero attached hydrogens (tertiary/aromatic N) is 2. The van der Waals surface area contributed by atoms with Gasteiger partial charge in [-0.1, -0.05) is 37.8 Å². The minimum absolute atomic E-state index is 0.0117. The zero-order chi connectivity index (χ0) is 19.1. The van der Waals surface area contributed by atoms with Crippen molar-refractivity contribution in [2.24, 2.45) is 0 Å². The highest BCUT2D eigenvalue weighted by atomic mass is 16.5. The molecule has 0 radical (unpaired) electrons. The number of hydrogen-bond acceptors (Lipinski definition) is 4. The second-order valence-electron chi connectivity index (χ2n) is 7.02. The van der Waals surface area contributed by atoms with Crippen molar-refractivity contribution in [3.05, 3.63) is 46.8 Å². The minimum Gasteiger partial charge on any atom is -0.497 e. The van der Waals surface area contributed by atoms with E-state index < -0.39 is 0 Å². The van der Waals surface area contributed by atoms with Crippen LogP contribution in [0.2, 0.25) is 0 Å². The van der Waals surface area contributed by atoms with E-state index in [4.69, 9.17) is 4.74 Å². The van der Waals surface area contributed by atoms with Crippen molar-refractivity contribution in [1.82, 2.24) is 15.1 Å². The molecule has 144 valence electrons. The Morgan fingerprint density at radius 1 is 1.19 bits per heavy atom. The lowest BCUT2D eigenvalue weighted by Crippen LogP contribution is -2.35. The molecule has 0 bridgehead atoms. The zero-order valence-corrected chi connectivity index (χ0v) is 15.8. The van der Waals surface area contributed by atoms with E-state index in [9.17, 15) is 9.59 Å². The first-order valence-electron chi connectivity index (χ1n) is 9.67. The molecule has 0 unspecified atom stereocenters. The van der Waals surface area contributed by atoms with E-state index in [0.29, 0.717) is 5.69 Å². The third-order valence-electron chi connectivity index (χ3n) is 5.00. The van der Waals surface area contributed by atoms with Gasteiger partial charge in [0.2, 0.25) is 5.91 Å². The van der Waals surface area contributed by atoms with Crippen LogP contribution in [0.1, 0.15) is 44.9 Å². The normalized spacial score (nSPS) is 15.1. The number of carbonyl (C=O) groups is 1. The molecule has 27 heavy (non-hydrogen) atoms. The first kappa shape index (κ1) is 19.1. The Kier molecular flexibility index (Phi) is 6.63. The molecule has 1 N–H and O–H groups in total. The number of rotatable bonds is 6. The maximum Gasteiger partial charge on any atom is 0.266 e. The van der Waals surface area contributed by atoms with Crippen LogP contribution in [0, 0.1) is 0 Å². The summed E-state index contributed by atoms with van der Waals surface area (Å²) in [4.78, 5) is 24.4. The van der Waals surface area contributed by atoms with Crippen LogP contribution < -0.4 is 15.6 Å². The van der Waals surface area contributed by atoms with Gasteiger partial charge in [-0.25, -0.2) is 4.68 Å². The van der Waals surface area contributed by atoms with Crippen LogP contribution in [0.15, 0.2) is 41.2 Å². The lowest BCUT2D eigenvalue weighted by atomic mass is 10.1. The Hall–Kier alpha value is -2.63. The summed E-state index contributed by atoms with van der Waals surface area (Å²) in [6.07, 6.45) is 7.21. The van der Waals surface area contributed by atoms with Crippen LogP contribution in [0.4, 0.5) is 0 Å². The molecular weight excluding hydrogens is 342 g/mol. The van der Waals surface area contributed by atoms with E-state index in [2.05, 4.69) is 10.4 Å². The van der Waals surface area contributed by atoms with Gasteiger partial charge in [0.05, 0.1) is 19.3 Å². The first-order chi connectivity index (χ1) is 13.2. The maximum atomic E-state index is 12.3. The highest BCUT2D eigenvalue weighted by Gasteiger charge is 2.15. The van der Waals surface area contributed by atoms with Crippen LogP contribution in [0.5, 0.6) is 5.75 Å². The topological polar surface area (TPSA) is 73.2 Å². The monoisotopic (exact) mass is 369 g/mol.